The Bertz CT molecular complexity index is 527. The van der Waals surface area contributed by atoms with Gasteiger partial charge in [0, 0.05) is 18.1 Å². The highest BCUT2D eigenvalue weighted by Gasteiger charge is 2.23. The maximum atomic E-state index is 12.3. The van der Waals surface area contributed by atoms with E-state index in [0.717, 1.165) is 0 Å². The van der Waals surface area contributed by atoms with Crippen LogP contribution in [-0.2, 0) is 19.6 Å². The molecule has 0 bridgehead atoms. The zero-order chi connectivity index (χ0) is 14.5. The van der Waals surface area contributed by atoms with Crippen LogP contribution in [0, 0.1) is 0 Å². The molecule has 0 unspecified atom stereocenters. The van der Waals surface area contributed by atoms with Crippen LogP contribution in [0.4, 0.5) is 0 Å². The average Bonchev–Trinajstić information content (AvgIpc) is 2.39. The Balaban J connectivity index is 2.89. The van der Waals surface area contributed by atoms with Crippen LogP contribution >= 0.6 is 11.6 Å². The summed E-state index contributed by atoms with van der Waals surface area (Å²) in [7, 11) is -2.33. The summed E-state index contributed by atoms with van der Waals surface area (Å²) >= 11 is 5.73. The van der Waals surface area contributed by atoms with E-state index in [2.05, 4.69) is 4.74 Å². The predicted octanol–water partition coefficient (Wildman–Crippen LogP) is 1.91. The second kappa shape index (κ2) is 6.88. The van der Waals surface area contributed by atoms with Gasteiger partial charge in [0.25, 0.3) is 0 Å². The molecule has 1 rings (SSSR count). The van der Waals surface area contributed by atoms with E-state index < -0.39 is 16.0 Å². The number of esters is 1. The van der Waals surface area contributed by atoms with Gasteiger partial charge in [-0.1, -0.05) is 18.5 Å². The number of carbonyl (C=O) groups is 1. The molecule has 106 valence electrons. The summed E-state index contributed by atoms with van der Waals surface area (Å²) < 4.78 is 30.3. The largest absolute Gasteiger partial charge is 0.469 e. The number of carbonyl (C=O) groups excluding carboxylic acids is 1. The van der Waals surface area contributed by atoms with Crippen LogP contribution in [0.15, 0.2) is 29.2 Å². The molecule has 0 aromatic heterocycles. The molecule has 19 heavy (non-hydrogen) atoms. The lowest BCUT2D eigenvalue weighted by Gasteiger charge is -2.19. The highest BCUT2D eigenvalue weighted by molar-refractivity contribution is 7.89. The van der Waals surface area contributed by atoms with E-state index >= 15 is 0 Å². The van der Waals surface area contributed by atoms with Gasteiger partial charge in [-0.15, -0.1) is 0 Å². The first-order valence-corrected chi connectivity index (χ1v) is 7.56. The Kier molecular flexibility index (Phi) is 5.78. The quantitative estimate of drug-likeness (QED) is 0.753. The van der Waals surface area contributed by atoms with Crippen LogP contribution in [0.25, 0.3) is 0 Å². The standard InChI is InChI=1S/C12H16ClNO4S/c1-3-14(9-8-12(15)18-2)19(16,17)11-6-4-10(13)5-7-11/h4-7H,3,8-9H2,1-2H3. The molecule has 1 aromatic rings. The lowest BCUT2D eigenvalue weighted by Crippen LogP contribution is -2.33. The summed E-state index contributed by atoms with van der Waals surface area (Å²) in [5.74, 6) is -0.440. The molecule has 0 heterocycles. The van der Waals surface area contributed by atoms with Crippen molar-refractivity contribution in [2.24, 2.45) is 0 Å². The molecule has 0 saturated carbocycles. The molecule has 0 saturated heterocycles. The number of rotatable bonds is 6. The molecule has 0 N–H and O–H groups in total. The normalized spacial score (nSPS) is 11.6. The Morgan fingerprint density at radius 2 is 1.89 bits per heavy atom. The topological polar surface area (TPSA) is 63.7 Å². The van der Waals surface area contributed by atoms with E-state index in [1.807, 2.05) is 0 Å². The number of sulfonamides is 1. The van der Waals surface area contributed by atoms with Crippen molar-refractivity contribution >= 4 is 27.6 Å². The van der Waals surface area contributed by atoms with Crippen molar-refractivity contribution in [1.29, 1.82) is 0 Å². The summed E-state index contributed by atoms with van der Waals surface area (Å²) in [6.07, 6.45) is 0.0250. The minimum atomic E-state index is -3.60. The van der Waals surface area contributed by atoms with Crippen molar-refractivity contribution in [1.82, 2.24) is 4.31 Å². The third-order valence-electron chi connectivity index (χ3n) is 2.60. The predicted molar refractivity (Wildman–Crippen MR) is 72.5 cm³/mol. The third-order valence-corrected chi connectivity index (χ3v) is 4.84. The SMILES string of the molecule is CCN(CCC(=O)OC)S(=O)(=O)c1ccc(Cl)cc1. The number of nitrogens with zero attached hydrogens (tertiary/aromatic N) is 1. The summed E-state index contributed by atoms with van der Waals surface area (Å²) in [6.45, 7) is 2.08. The molecule has 5 nitrogen and oxygen atoms in total. The monoisotopic (exact) mass is 305 g/mol. The van der Waals surface area contributed by atoms with Crippen LogP contribution in [0.1, 0.15) is 13.3 Å². The van der Waals surface area contributed by atoms with E-state index in [-0.39, 0.29) is 24.4 Å². The Labute approximate surface area is 118 Å². The molecule has 1 aromatic carbocycles. The lowest BCUT2D eigenvalue weighted by atomic mass is 10.4. The number of halogens is 1. The molecular weight excluding hydrogens is 290 g/mol. The second-order valence-electron chi connectivity index (χ2n) is 3.78. The van der Waals surface area contributed by atoms with Gasteiger partial charge in [-0.25, -0.2) is 8.42 Å². The van der Waals surface area contributed by atoms with Crippen molar-refractivity contribution in [2.45, 2.75) is 18.2 Å². The van der Waals surface area contributed by atoms with Gasteiger partial charge in [-0.05, 0) is 24.3 Å². The van der Waals surface area contributed by atoms with Crippen LogP contribution in [0.2, 0.25) is 5.02 Å². The zero-order valence-corrected chi connectivity index (χ0v) is 12.4. The smallest absolute Gasteiger partial charge is 0.306 e. The fraction of sp³-hybridized carbons (Fsp3) is 0.417. The van der Waals surface area contributed by atoms with Crippen LogP contribution in [0.5, 0.6) is 0 Å². The summed E-state index contributed by atoms with van der Waals surface area (Å²) in [5.41, 5.74) is 0. The first kappa shape index (κ1) is 15.9. The average molecular weight is 306 g/mol. The highest BCUT2D eigenvalue weighted by Crippen LogP contribution is 2.18. The van der Waals surface area contributed by atoms with E-state index in [1.54, 1.807) is 6.92 Å². The Morgan fingerprint density at radius 3 is 2.37 bits per heavy atom. The van der Waals surface area contributed by atoms with E-state index in [9.17, 15) is 13.2 Å². The van der Waals surface area contributed by atoms with Crippen molar-refractivity contribution in [3.05, 3.63) is 29.3 Å². The first-order chi connectivity index (χ1) is 8.91. The van der Waals surface area contributed by atoms with Gasteiger partial charge in [-0.3, -0.25) is 4.79 Å². The molecule has 7 heteroatoms. The van der Waals surface area contributed by atoms with Gasteiger partial charge < -0.3 is 4.74 Å². The Morgan fingerprint density at radius 1 is 1.32 bits per heavy atom. The van der Waals surface area contributed by atoms with Crippen molar-refractivity contribution in [2.75, 3.05) is 20.2 Å². The highest BCUT2D eigenvalue weighted by atomic mass is 35.5. The minimum absolute atomic E-state index is 0.0250. The van der Waals surface area contributed by atoms with E-state index in [4.69, 9.17) is 11.6 Å². The second-order valence-corrected chi connectivity index (χ2v) is 6.15. The van der Waals surface area contributed by atoms with Crippen LogP contribution < -0.4 is 0 Å². The van der Waals surface area contributed by atoms with Gasteiger partial charge in [0.1, 0.15) is 0 Å². The summed E-state index contributed by atoms with van der Waals surface area (Å²) in [4.78, 5) is 11.2. The molecule has 0 aliphatic carbocycles. The maximum absolute atomic E-state index is 12.3. The molecule has 0 atom stereocenters. The molecule has 0 fully saturated rings. The fourth-order valence-electron chi connectivity index (χ4n) is 1.52. The fourth-order valence-corrected chi connectivity index (χ4v) is 3.10. The molecular formula is C12H16ClNO4S. The van der Waals surface area contributed by atoms with Crippen molar-refractivity contribution in [3.63, 3.8) is 0 Å². The lowest BCUT2D eigenvalue weighted by molar-refractivity contribution is -0.140. The van der Waals surface area contributed by atoms with Gasteiger partial charge in [0.15, 0.2) is 0 Å². The molecule has 0 spiro atoms. The number of benzene rings is 1. The first-order valence-electron chi connectivity index (χ1n) is 5.74. The number of hydrogen-bond donors (Lipinski definition) is 0. The molecule has 0 radical (unpaired) electrons. The van der Waals surface area contributed by atoms with Gasteiger partial charge >= 0.3 is 5.97 Å². The van der Waals surface area contributed by atoms with Gasteiger partial charge in [0.2, 0.25) is 10.0 Å². The van der Waals surface area contributed by atoms with E-state index in [0.29, 0.717) is 5.02 Å². The number of ether oxygens (including phenoxy) is 1. The number of methoxy groups -OCH3 is 1. The van der Waals surface area contributed by atoms with Crippen LogP contribution in [0.3, 0.4) is 0 Å². The summed E-state index contributed by atoms with van der Waals surface area (Å²) in [5, 5.41) is 0.469. The maximum Gasteiger partial charge on any atom is 0.306 e. The zero-order valence-electron chi connectivity index (χ0n) is 10.8. The Hall–Kier alpha value is -1.11. The van der Waals surface area contributed by atoms with Crippen molar-refractivity contribution in [3.8, 4) is 0 Å². The molecule has 0 amide bonds. The van der Waals surface area contributed by atoms with Crippen molar-refractivity contribution < 1.29 is 17.9 Å². The number of hydrogen-bond acceptors (Lipinski definition) is 4. The summed E-state index contributed by atoms with van der Waals surface area (Å²) in [6, 6.07) is 5.92. The van der Waals surface area contributed by atoms with Gasteiger partial charge in [0.05, 0.1) is 18.4 Å². The minimum Gasteiger partial charge on any atom is -0.469 e. The van der Waals surface area contributed by atoms with E-state index in [1.165, 1.54) is 35.7 Å². The molecule has 0 aliphatic rings. The van der Waals surface area contributed by atoms with Gasteiger partial charge in [-0.2, -0.15) is 4.31 Å². The third kappa shape index (κ3) is 4.19. The van der Waals surface area contributed by atoms with Crippen LogP contribution in [-0.4, -0.2) is 38.9 Å². The molecule has 0 aliphatic heterocycles.